The molecular weight excluding hydrogens is 619 g/mol. The maximum absolute atomic E-state index is 12.8. The summed E-state index contributed by atoms with van der Waals surface area (Å²) in [5.41, 5.74) is 6.06. The standard InChI is InChI=1S/C21H31N8O9SSe/c22-11(8-40)18(34)29-14(7-39)20(36)25-6-16(31)28-13(3-10-4-23-9-26-10)19(35)24-5-15(30)27-12(21(37)38)1-2-17(32)33/h4,9,11-14,39H,1-3,5-8,22H2,(H,23,26)(H,24,35)(H,25,36)(H,27,30)(H,28,31)(H,29,34)(H,32,33)(H,37,38)/t11-,12-,13-,14-/m0/s1. The molecule has 1 heterocycles. The minimum absolute atomic E-state index is 0.0781. The summed E-state index contributed by atoms with van der Waals surface area (Å²) in [6.07, 6.45) is 1.81. The molecule has 0 saturated heterocycles. The van der Waals surface area contributed by atoms with Crippen LogP contribution in [0.4, 0.5) is 0 Å². The van der Waals surface area contributed by atoms with Crippen LogP contribution in [0.5, 0.6) is 0 Å². The molecule has 0 aromatic carbocycles. The number of nitrogens with one attached hydrogen (secondary N) is 6. The molecule has 19 heteroatoms. The van der Waals surface area contributed by atoms with Gasteiger partial charge in [-0.25, -0.2) is 9.78 Å². The number of carbonyl (C=O) groups excluding carboxylic acids is 5. The zero-order valence-electron chi connectivity index (χ0n) is 21.0. The second-order valence-corrected chi connectivity index (χ2v) is 9.31. The van der Waals surface area contributed by atoms with Crippen molar-refractivity contribution in [1.29, 1.82) is 0 Å². The predicted molar refractivity (Wildman–Crippen MR) is 141 cm³/mol. The first-order valence-electron chi connectivity index (χ1n) is 11.7. The minimum Gasteiger partial charge on any atom is -0.481 e. The number of hydrogen-bond acceptors (Lipinski definition) is 10. The monoisotopic (exact) mass is 651 g/mol. The van der Waals surface area contributed by atoms with Gasteiger partial charge in [0.1, 0.15) is 6.04 Å². The minimum atomic E-state index is -1.48. The molecule has 0 bridgehead atoms. The smallest absolute Gasteiger partial charge is 0.481 e. The fourth-order valence-electron chi connectivity index (χ4n) is 2.97. The van der Waals surface area contributed by atoms with Gasteiger partial charge in [0.15, 0.2) is 0 Å². The van der Waals surface area contributed by atoms with Gasteiger partial charge in [-0.1, -0.05) is 0 Å². The number of aromatic nitrogens is 2. The van der Waals surface area contributed by atoms with Crippen LogP contribution in [-0.2, 0) is 40.0 Å². The summed E-state index contributed by atoms with van der Waals surface area (Å²) in [5, 5.41) is 29.6. The van der Waals surface area contributed by atoms with E-state index in [1.165, 1.54) is 12.5 Å². The number of aliphatic carboxylic acids is 2. The molecule has 0 unspecified atom stereocenters. The Balaban J connectivity index is 2.73. The van der Waals surface area contributed by atoms with Crippen LogP contribution in [0.15, 0.2) is 12.5 Å². The fraction of sp³-hybridized carbons (Fsp3) is 0.524. The number of imidazole rings is 1. The molecule has 0 saturated carbocycles. The SMILES string of the molecule is N[C@@H](C[Se])C(=O)N[C@@H](CS)C(=O)NCC(=O)N[C@@H](Cc1cnc[nH]1)C(=O)NCC(=O)N[C@@H](CCC(=O)O)C(=O)O. The quantitative estimate of drug-likeness (QED) is 0.0533. The number of nitrogens with zero attached hydrogens (tertiary/aromatic N) is 1. The first-order chi connectivity index (χ1) is 18.9. The number of carboxylic acids is 2. The van der Waals surface area contributed by atoms with Crippen molar-refractivity contribution in [3.63, 3.8) is 0 Å². The first kappa shape index (κ1) is 34.4. The second kappa shape index (κ2) is 17.8. The van der Waals surface area contributed by atoms with Crippen LogP contribution < -0.4 is 32.3 Å². The normalized spacial score (nSPS) is 13.6. The molecule has 10 N–H and O–H groups in total. The van der Waals surface area contributed by atoms with Crippen molar-refractivity contribution in [1.82, 2.24) is 36.6 Å². The van der Waals surface area contributed by atoms with E-state index < -0.39 is 85.2 Å². The summed E-state index contributed by atoms with van der Waals surface area (Å²) in [6.45, 7) is -1.23. The van der Waals surface area contributed by atoms with Gasteiger partial charge in [-0.15, -0.1) is 0 Å². The summed E-state index contributed by atoms with van der Waals surface area (Å²) in [4.78, 5) is 90.2. The molecule has 1 radical (unpaired) electrons. The van der Waals surface area contributed by atoms with E-state index in [1.54, 1.807) is 0 Å². The molecule has 4 atom stereocenters. The van der Waals surface area contributed by atoms with Gasteiger partial charge in [0.05, 0.1) is 12.9 Å². The molecule has 17 nitrogen and oxygen atoms in total. The van der Waals surface area contributed by atoms with E-state index in [1.807, 2.05) is 0 Å². The number of hydrogen-bond donors (Lipinski definition) is 10. The van der Waals surface area contributed by atoms with Crippen LogP contribution >= 0.6 is 12.6 Å². The Bertz CT molecular complexity index is 1060. The van der Waals surface area contributed by atoms with Gasteiger partial charge in [0, 0.05) is 18.3 Å². The maximum atomic E-state index is 12.8. The van der Waals surface area contributed by atoms with Gasteiger partial charge in [0.25, 0.3) is 0 Å². The molecule has 1 aromatic rings. The Labute approximate surface area is 241 Å². The van der Waals surface area contributed by atoms with Gasteiger partial charge < -0.3 is 25.8 Å². The van der Waals surface area contributed by atoms with Crippen LogP contribution in [0.25, 0.3) is 0 Å². The van der Waals surface area contributed by atoms with Crippen LogP contribution in [-0.4, -0.2) is 121 Å². The number of thiol groups is 1. The zero-order chi connectivity index (χ0) is 30.2. The number of nitrogens with two attached hydrogens (primary N) is 1. The van der Waals surface area contributed by atoms with Crippen molar-refractivity contribution in [2.75, 3.05) is 18.8 Å². The van der Waals surface area contributed by atoms with Crippen LogP contribution in [0, 0.1) is 0 Å². The number of aromatic amines is 1. The zero-order valence-corrected chi connectivity index (χ0v) is 23.7. The molecule has 221 valence electrons. The third-order valence-electron chi connectivity index (χ3n) is 5.09. The van der Waals surface area contributed by atoms with Gasteiger partial charge in [0.2, 0.25) is 5.91 Å². The topological polar surface area (TPSA) is 275 Å². The van der Waals surface area contributed by atoms with Crippen molar-refractivity contribution in [3.8, 4) is 0 Å². The fourth-order valence-corrected chi connectivity index (χ4v) is 3.55. The van der Waals surface area contributed by atoms with E-state index >= 15 is 0 Å². The number of carboxylic acid groups (broad SMARTS) is 2. The van der Waals surface area contributed by atoms with Crippen molar-refractivity contribution < 1.29 is 43.8 Å². The molecule has 0 aliphatic carbocycles. The van der Waals surface area contributed by atoms with Crippen molar-refractivity contribution in [2.45, 2.75) is 48.7 Å². The summed E-state index contributed by atoms with van der Waals surface area (Å²) in [5.74, 6) is -6.56. The predicted octanol–water partition coefficient (Wildman–Crippen LogP) is -4.57. The van der Waals surface area contributed by atoms with Crippen molar-refractivity contribution in [2.24, 2.45) is 5.73 Å². The Morgan fingerprint density at radius 3 is 1.98 bits per heavy atom. The molecule has 1 rings (SSSR count). The molecule has 0 fully saturated rings. The first-order valence-corrected chi connectivity index (χ1v) is 13.5. The Morgan fingerprint density at radius 1 is 0.925 bits per heavy atom. The number of H-pyrrole nitrogens is 1. The molecular formula is C21H31N8O9SSe. The van der Waals surface area contributed by atoms with E-state index in [2.05, 4.69) is 65.2 Å². The van der Waals surface area contributed by atoms with E-state index in [0.717, 1.165) is 0 Å². The van der Waals surface area contributed by atoms with Crippen LogP contribution in [0.2, 0.25) is 5.32 Å². The second-order valence-electron chi connectivity index (χ2n) is 8.24. The van der Waals surface area contributed by atoms with Crippen molar-refractivity contribution in [3.05, 3.63) is 18.2 Å². The number of amides is 5. The average Bonchev–Trinajstić information content (AvgIpc) is 3.43. The molecule has 0 aliphatic rings. The number of carbonyl (C=O) groups is 7. The van der Waals surface area contributed by atoms with E-state index in [4.69, 9.17) is 15.9 Å². The summed E-state index contributed by atoms with van der Waals surface area (Å²) >= 11 is 6.62. The number of rotatable bonds is 18. The van der Waals surface area contributed by atoms with Gasteiger partial charge in [-0.3, -0.25) is 14.4 Å². The summed E-state index contributed by atoms with van der Waals surface area (Å²) < 4.78 is 0. The molecule has 1 aromatic heterocycles. The molecule has 5 amide bonds. The third kappa shape index (κ3) is 12.9. The van der Waals surface area contributed by atoms with Crippen molar-refractivity contribution >= 4 is 70.1 Å². The molecule has 0 spiro atoms. The van der Waals surface area contributed by atoms with Gasteiger partial charge >= 0.3 is 142 Å². The average molecular weight is 651 g/mol. The third-order valence-corrected chi connectivity index (χ3v) is 6.21. The Morgan fingerprint density at radius 2 is 1.50 bits per heavy atom. The van der Waals surface area contributed by atoms with E-state index in [0.29, 0.717) is 5.69 Å². The summed E-state index contributed by atoms with van der Waals surface area (Å²) in [7, 11) is 0. The molecule has 0 aliphatic heterocycles. The summed E-state index contributed by atoms with van der Waals surface area (Å²) in [6, 6.07) is -4.67. The van der Waals surface area contributed by atoms with Gasteiger partial charge in [-0.05, 0) is 6.42 Å². The van der Waals surface area contributed by atoms with Crippen LogP contribution in [0.1, 0.15) is 18.5 Å². The van der Waals surface area contributed by atoms with E-state index in [9.17, 15) is 33.6 Å². The Kier molecular flexibility index (Phi) is 15.3. The van der Waals surface area contributed by atoms with Gasteiger partial charge in [-0.2, -0.15) is 0 Å². The van der Waals surface area contributed by atoms with Crippen LogP contribution in [0.3, 0.4) is 0 Å². The van der Waals surface area contributed by atoms with E-state index in [-0.39, 0.29) is 23.9 Å². The molecule has 40 heavy (non-hydrogen) atoms. The Hall–Kier alpha value is -3.67.